The lowest BCUT2D eigenvalue weighted by atomic mass is 9.98. The Morgan fingerprint density at radius 2 is 1.29 bits per heavy atom. The van der Waals surface area contributed by atoms with Crippen LogP contribution in [0.4, 0.5) is 0 Å². The SMILES string of the molecule is O=Cc1c(C(=O)O)cc(C(=O)O)cc1C(=O)O. The van der Waals surface area contributed by atoms with E-state index < -0.39 is 40.2 Å². The summed E-state index contributed by atoms with van der Waals surface area (Å²) in [5.74, 6) is -4.62. The molecular formula is C10H6O7. The standard InChI is InChI=1S/C10H6O7/c11-3-7-5(9(14)15)1-4(8(12)13)2-6(7)10(16)17/h1-3H,(H,12,13)(H,14,15)(H,16,17). The van der Waals surface area contributed by atoms with Crippen LogP contribution in [0, 0.1) is 0 Å². The largest absolute Gasteiger partial charge is 0.478 e. The van der Waals surface area contributed by atoms with Crippen molar-refractivity contribution in [3.63, 3.8) is 0 Å². The Hall–Kier alpha value is -2.70. The molecule has 17 heavy (non-hydrogen) atoms. The van der Waals surface area contributed by atoms with Crippen molar-refractivity contribution in [1.82, 2.24) is 0 Å². The fourth-order valence-electron chi connectivity index (χ4n) is 1.26. The molecule has 0 fully saturated rings. The first-order valence-corrected chi connectivity index (χ1v) is 4.21. The molecule has 0 bridgehead atoms. The van der Waals surface area contributed by atoms with Gasteiger partial charge in [-0.2, -0.15) is 0 Å². The van der Waals surface area contributed by atoms with Gasteiger partial charge in [-0.25, -0.2) is 14.4 Å². The van der Waals surface area contributed by atoms with E-state index >= 15 is 0 Å². The average Bonchev–Trinajstić information content (AvgIpc) is 2.26. The number of benzene rings is 1. The minimum Gasteiger partial charge on any atom is -0.478 e. The van der Waals surface area contributed by atoms with Crippen molar-refractivity contribution < 1.29 is 34.5 Å². The van der Waals surface area contributed by atoms with Gasteiger partial charge in [-0.1, -0.05) is 0 Å². The van der Waals surface area contributed by atoms with Gasteiger partial charge < -0.3 is 15.3 Å². The molecule has 7 heteroatoms. The summed E-state index contributed by atoms with van der Waals surface area (Å²) in [6, 6.07) is 1.47. The molecule has 0 aromatic heterocycles. The smallest absolute Gasteiger partial charge is 0.336 e. The van der Waals surface area contributed by atoms with E-state index in [9.17, 15) is 19.2 Å². The van der Waals surface area contributed by atoms with Crippen LogP contribution in [0.3, 0.4) is 0 Å². The summed E-state index contributed by atoms with van der Waals surface area (Å²) >= 11 is 0. The molecule has 0 radical (unpaired) electrons. The van der Waals surface area contributed by atoms with Crippen molar-refractivity contribution in [2.24, 2.45) is 0 Å². The zero-order chi connectivity index (χ0) is 13.2. The highest BCUT2D eigenvalue weighted by molar-refractivity contribution is 6.07. The molecule has 1 rings (SSSR count). The van der Waals surface area contributed by atoms with Crippen LogP contribution in [0.2, 0.25) is 0 Å². The predicted octanol–water partition coefficient (Wildman–Crippen LogP) is 0.594. The van der Waals surface area contributed by atoms with Gasteiger partial charge in [0.15, 0.2) is 6.29 Å². The number of carbonyl (C=O) groups is 4. The van der Waals surface area contributed by atoms with Crippen molar-refractivity contribution in [2.45, 2.75) is 0 Å². The van der Waals surface area contributed by atoms with Crippen LogP contribution in [0.1, 0.15) is 41.4 Å². The summed E-state index contributed by atoms with van der Waals surface area (Å²) in [4.78, 5) is 42.9. The molecule has 0 saturated carbocycles. The van der Waals surface area contributed by atoms with Gasteiger partial charge in [0.2, 0.25) is 0 Å². The van der Waals surface area contributed by atoms with Crippen LogP contribution in [-0.2, 0) is 0 Å². The van der Waals surface area contributed by atoms with Crippen molar-refractivity contribution in [3.05, 3.63) is 34.4 Å². The monoisotopic (exact) mass is 238 g/mol. The van der Waals surface area contributed by atoms with E-state index in [2.05, 4.69) is 0 Å². The van der Waals surface area contributed by atoms with Crippen LogP contribution in [-0.4, -0.2) is 39.5 Å². The number of aromatic carboxylic acids is 3. The molecule has 0 saturated heterocycles. The molecule has 0 unspecified atom stereocenters. The molecule has 0 aliphatic carbocycles. The second-order valence-corrected chi connectivity index (χ2v) is 3.02. The van der Waals surface area contributed by atoms with E-state index in [1.54, 1.807) is 0 Å². The first-order chi connectivity index (χ1) is 7.88. The highest BCUT2D eigenvalue weighted by atomic mass is 16.4. The maximum atomic E-state index is 10.8. The average molecular weight is 238 g/mol. The Morgan fingerprint density at radius 3 is 1.53 bits per heavy atom. The van der Waals surface area contributed by atoms with E-state index in [1.165, 1.54) is 0 Å². The van der Waals surface area contributed by atoms with E-state index in [-0.39, 0.29) is 6.29 Å². The summed E-state index contributed by atoms with van der Waals surface area (Å²) in [6.07, 6.45) is 0.0680. The van der Waals surface area contributed by atoms with Crippen LogP contribution >= 0.6 is 0 Å². The van der Waals surface area contributed by atoms with Gasteiger partial charge >= 0.3 is 17.9 Å². The number of rotatable bonds is 4. The summed E-state index contributed by atoms with van der Waals surface area (Å²) in [6.45, 7) is 0. The third kappa shape index (κ3) is 2.28. The maximum Gasteiger partial charge on any atom is 0.336 e. The Morgan fingerprint density at radius 1 is 0.882 bits per heavy atom. The summed E-state index contributed by atoms with van der Waals surface area (Å²) in [7, 11) is 0. The maximum absolute atomic E-state index is 10.8. The first-order valence-electron chi connectivity index (χ1n) is 4.21. The van der Waals surface area contributed by atoms with Gasteiger partial charge in [0.05, 0.1) is 16.7 Å². The number of carboxylic acids is 3. The lowest BCUT2D eigenvalue weighted by Crippen LogP contribution is -2.12. The van der Waals surface area contributed by atoms with E-state index in [4.69, 9.17) is 15.3 Å². The van der Waals surface area contributed by atoms with E-state index in [1.807, 2.05) is 0 Å². The molecule has 0 heterocycles. The fourth-order valence-corrected chi connectivity index (χ4v) is 1.26. The Kier molecular flexibility index (Phi) is 3.23. The van der Waals surface area contributed by atoms with Crippen molar-refractivity contribution in [2.75, 3.05) is 0 Å². The van der Waals surface area contributed by atoms with Crippen molar-refractivity contribution >= 4 is 24.2 Å². The lowest BCUT2D eigenvalue weighted by molar-refractivity contribution is 0.0692. The summed E-state index contributed by atoms with van der Waals surface area (Å²) < 4.78 is 0. The van der Waals surface area contributed by atoms with Crippen LogP contribution < -0.4 is 0 Å². The number of hydrogen-bond donors (Lipinski definition) is 3. The third-order valence-corrected chi connectivity index (χ3v) is 2.01. The Balaban J connectivity index is 3.68. The molecule has 0 amide bonds. The zero-order valence-electron chi connectivity index (χ0n) is 8.21. The van der Waals surface area contributed by atoms with E-state index in [0.717, 1.165) is 12.1 Å². The Bertz CT molecular complexity index is 494. The third-order valence-electron chi connectivity index (χ3n) is 2.01. The molecule has 0 aliphatic heterocycles. The predicted molar refractivity (Wildman–Crippen MR) is 52.7 cm³/mol. The first kappa shape index (κ1) is 12.4. The van der Waals surface area contributed by atoms with E-state index in [0.29, 0.717) is 0 Å². The van der Waals surface area contributed by atoms with Crippen molar-refractivity contribution in [1.29, 1.82) is 0 Å². The molecule has 0 atom stereocenters. The van der Waals surface area contributed by atoms with Crippen LogP contribution in [0.15, 0.2) is 12.1 Å². The molecule has 0 spiro atoms. The molecule has 7 nitrogen and oxygen atoms in total. The van der Waals surface area contributed by atoms with Crippen molar-refractivity contribution in [3.8, 4) is 0 Å². The highest BCUT2D eigenvalue weighted by Gasteiger charge is 2.21. The molecule has 88 valence electrons. The second kappa shape index (κ2) is 4.44. The normalized spacial score (nSPS) is 9.65. The second-order valence-electron chi connectivity index (χ2n) is 3.02. The highest BCUT2D eigenvalue weighted by Crippen LogP contribution is 2.17. The molecule has 1 aromatic carbocycles. The molecule has 3 N–H and O–H groups in total. The number of hydrogen-bond acceptors (Lipinski definition) is 4. The van der Waals surface area contributed by atoms with Gasteiger partial charge in [-0.3, -0.25) is 4.79 Å². The van der Waals surface area contributed by atoms with Crippen LogP contribution in [0.25, 0.3) is 0 Å². The van der Waals surface area contributed by atoms with Gasteiger partial charge in [0.25, 0.3) is 0 Å². The molecular weight excluding hydrogens is 232 g/mol. The van der Waals surface area contributed by atoms with Crippen LogP contribution in [0.5, 0.6) is 0 Å². The fraction of sp³-hybridized carbons (Fsp3) is 0. The quantitative estimate of drug-likeness (QED) is 0.654. The minimum absolute atomic E-state index is 0.0680. The Labute approximate surface area is 93.9 Å². The minimum atomic E-state index is -1.57. The topological polar surface area (TPSA) is 129 Å². The summed E-state index contributed by atoms with van der Waals surface area (Å²) in [5, 5.41) is 26.2. The number of carbonyl (C=O) groups excluding carboxylic acids is 1. The van der Waals surface area contributed by atoms with Gasteiger partial charge in [0, 0.05) is 5.56 Å². The van der Waals surface area contributed by atoms with Gasteiger partial charge in [0.1, 0.15) is 0 Å². The number of aldehydes is 1. The zero-order valence-corrected chi connectivity index (χ0v) is 8.21. The molecule has 1 aromatic rings. The summed E-state index contributed by atoms with van der Waals surface area (Å²) in [5.41, 5.74) is -2.38. The molecule has 0 aliphatic rings. The lowest BCUT2D eigenvalue weighted by Gasteiger charge is -2.05. The van der Waals surface area contributed by atoms with Gasteiger partial charge in [-0.05, 0) is 12.1 Å². The van der Waals surface area contributed by atoms with Gasteiger partial charge in [-0.15, -0.1) is 0 Å². The number of carboxylic acid groups (broad SMARTS) is 3.